The van der Waals surface area contributed by atoms with Crippen molar-refractivity contribution in [2.24, 2.45) is 0 Å². The molecule has 3 heteroatoms. The van der Waals surface area contributed by atoms with Crippen molar-refractivity contribution in [3.8, 4) is 17.3 Å². The van der Waals surface area contributed by atoms with E-state index in [1.807, 2.05) is 85.8 Å². The maximum atomic E-state index is 13.5. The Balaban J connectivity index is 2.07. The predicted octanol–water partition coefficient (Wildman–Crippen LogP) is 5.69. The van der Waals surface area contributed by atoms with Crippen molar-refractivity contribution in [3.05, 3.63) is 95.6 Å². The molecule has 3 nitrogen and oxygen atoms in total. The minimum atomic E-state index is -0.310. The minimum absolute atomic E-state index is 0.0432. The summed E-state index contributed by atoms with van der Waals surface area (Å²) in [5.74, 6) is -0.353. The van der Waals surface area contributed by atoms with E-state index in [0.29, 0.717) is 11.1 Å². The fourth-order valence-corrected chi connectivity index (χ4v) is 3.49. The van der Waals surface area contributed by atoms with E-state index < -0.39 is 0 Å². The number of aromatic amines is 1. The van der Waals surface area contributed by atoms with Gasteiger partial charge in [0.25, 0.3) is 0 Å². The molecule has 27 heavy (non-hydrogen) atoms. The summed E-state index contributed by atoms with van der Waals surface area (Å²) in [6, 6.07) is 27.2. The third-order valence-electron chi connectivity index (χ3n) is 4.84. The van der Waals surface area contributed by atoms with Crippen LogP contribution >= 0.6 is 0 Å². The molecule has 1 N–H and O–H groups in total. The van der Waals surface area contributed by atoms with Crippen LogP contribution in [0.15, 0.2) is 78.9 Å². The molecule has 0 bridgehead atoms. The lowest BCUT2D eigenvalue weighted by molar-refractivity contribution is 0.104. The summed E-state index contributed by atoms with van der Waals surface area (Å²) in [6.07, 6.45) is 0. The van der Waals surface area contributed by atoms with Gasteiger partial charge in [0.15, 0.2) is 5.78 Å². The lowest BCUT2D eigenvalue weighted by atomic mass is 9.91. The number of fused-ring (bicyclic) bond motifs is 1. The Morgan fingerprint density at radius 2 is 1.59 bits per heavy atom. The number of rotatable bonds is 4. The lowest BCUT2D eigenvalue weighted by Gasteiger charge is -2.09. The van der Waals surface area contributed by atoms with E-state index in [2.05, 4.69) is 11.1 Å². The molecular formula is C24H18N2O. The first kappa shape index (κ1) is 16.8. The molecule has 3 aromatic carbocycles. The van der Waals surface area contributed by atoms with Crippen LogP contribution in [0.2, 0.25) is 0 Å². The molecular weight excluding hydrogens is 332 g/mol. The number of nitrogens with zero attached hydrogens (tertiary/aromatic N) is 1. The van der Waals surface area contributed by atoms with Gasteiger partial charge in [-0.05, 0) is 24.1 Å². The maximum absolute atomic E-state index is 13.5. The fourth-order valence-electron chi connectivity index (χ4n) is 3.49. The summed E-state index contributed by atoms with van der Waals surface area (Å²) in [5.41, 5.74) is 4.73. The van der Waals surface area contributed by atoms with Gasteiger partial charge in [0, 0.05) is 16.5 Å². The third-order valence-corrected chi connectivity index (χ3v) is 4.84. The summed E-state index contributed by atoms with van der Waals surface area (Å²) in [6.45, 7) is 1.86. The van der Waals surface area contributed by atoms with E-state index in [4.69, 9.17) is 0 Å². The molecule has 0 spiro atoms. The Morgan fingerprint density at radius 1 is 0.926 bits per heavy atom. The van der Waals surface area contributed by atoms with Crippen LogP contribution in [0.1, 0.15) is 34.3 Å². The second-order valence-corrected chi connectivity index (χ2v) is 6.56. The molecule has 1 atom stereocenters. The molecule has 4 aromatic rings. The Kier molecular flexibility index (Phi) is 4.32. The van der Waals surface area contributed by atoms with Crippen molar-refractivity contribution in [2.75, 3.05) is 0 Å². The quantitative estimate of drug-likeness (QED) is 0.480. The van der Waals surface area contributed by atoms with Crippen molar-refractivity contribution < 1.29 is 4.79 Å². The predicted molar refractivity (Wildman–Crippen MR) is 108 cm³/mol. The van der Waals surface area contributed by atoms with Gasteiger partial charge >= 0.3 is 0 Å². The number of nitriles is 1. The minimum Gasteiger partial charge on any atom is -0.354 e. The van der Waals surface area contributed by atoms with Crippen LogP contribution in [0.5, 0.6) is 0 Å². The number of carbonyl (C=O) groups excluding carboxylic acids is 1. The van der Waals surface area contributed by atoms with Crippen LogP contribution in [-0.4, -0.2) is 10.8 Å². The van der Waals surface area contributed by atoms with E-state index in [1.165, 1.54) is 0 Å². The molecule has 0 fully saturated rings. The molecule has 0 aliphatic rings. The number of nitrogens with one attached hydrogen (secondary N) is 1. The van der Waals surface area contributed by atoms with Crippen LogP contribution in [0.4, 0.5) is 0 Å². The monoisotopic (exact) mass is 350 g/mol. The summed E-state index contributed by atoms with van der Waals surface area (Å²) < 4.78 is 0. The highest BCUT2D eigenvalue weighted by Gasteiger charge is 2.24. The van der Waals surface area contributed by atoms with Gasteiger partial charge < -0.3 is 4.98 Å². The fraction of sp³-hybridized carbons (Fsp3) is 0.0833. The Labute approximate surface area is 157 Å². The van der Waals surface area contributed by atoms with Crippen molar-refractivity contribution in [1.29, 1.82) is 5.26 Å². The third kappa shape index (κ3) is 2.92. The van der Waals surface area contributed by atoms with Gasteiger partial charge in [-0.2, -0.15) is 5.26 Å². The van der Waals surface area contributed by atoms with Gasteiger partial charge in [0.2, 0.25) is 0 Å². The molecule has 130 valence electrons. The normalized spacial score (nSPS) is 11.9. The van der Waals surface area contributed by atoms with E-state index in [-0.39, 0.29) is 11.7 Å². The van der Waals surface area contributed by atoms with Crippen LogP contribution in [0, 0.1) is 11.3 Å². The zero-order valence-corrected chi connectivity index (χ0v) is 14.9. The number of carbonyl (C=O) groups is 1. The second kappa shape index (κ2) is 6.93. The van der Waals surface area contributed by atoms with Crippen LogP contribution in [-0.2, 0) is 0 Å². The van der Waals surface area contributed by atoms with Gasteiger partial charge in [-0.25, -0.2) is 0 Å². The largest absolute Gasteiger partial charge is 0.354 e. The summed E-state index contributed by atoms with van der Waals surface area (Å²) in [7, 11) is 0. The lowest BCUT2D eigenvalue weighted by Crippen LogP contribution is -2.04. The van der Waals surface area contributed by atoms with Gasteiger partial charge in [0.05, 0.1) is 23.2 Å². The number of benzene rings is 3. The van der Waals surface area contributed by atoms with Crippen LogP contribution in [0.25, 0.3) is 22.2 Å². The standard InChI is InChI=1S/C24H18N2O/c1-16(15-25)19-13-8-14-20-21(19)22(24(27)18-11-6-3-7-12-18)23(26-20)17-9-4-2-5-10-17/h2-14,16,26H,1H3. The van der Waals surface area contributed by atoms with Crippen LogP contribution < -0.4 is 0 Å². The number of ketones is 1. The molecule has 1 aromatic heterocycles. The highest BCUT2D eigenvalue weighted by Crippen LogP contribution is 2.36. The molecule has 0 radical (unpaired) electrons. The Bertz CT molecular complexity index is 1150. The molecule has 1 unspecified atom stereocenters. The summed E-state index contributed by atoms with van der Waals surface area (Å²) >= 11 is 0. The first-order valence-corrected chi connectivity index (χ1v) is 8.90. The molecule has 4 rings (SSSR count). The van der Waals surface area contributed by atoms with E-state index in [9.17, 15) is 10.1 Å². The van der Waals surface area contributed by atoms with E-state index in [0.717, 1.165) is 27.7 Å². The van der Waals surface area contributed by atoms with Crippen molar-refractivity contribution in [3.63, 3.8) is 0 Å². The van der Waals surface area contributed by atoms with E-state index >= 15 is 0 Å². The van der Waals surface area contributed by atoms with Gasteiger partial charge in [-0.1, -0.05) is 72.8 Å². The zero-order chi connectivity index (χ0) is 18.8. The zero-order valence-electron chi connectivity index (χ0n) is 14.9. The highest BCUT2D eigenvalue weighted by atomic mass is 16.1. The van der Waals surface area contributed by atoms with Crippen molar-refractivity contribution in [2.45, 2.75) is 12.8 Å². The summed E-state index contributed by atoms with van der Waals surface area (Å²) in [4.78, 5) is 16.9. The Morgan fingerprint density at radius 3 is 2.26 bits per heavy atom. The van der Waals surface area contributed by atoms with Gasteiger partial charge in [0.1, 0.15) is 0 Å². The first-order valence-electron chi connectivity index (χ1n) is 8.90. The molecule has 0 saturated carbocycles. The SMILES string of the molecule is CC(C#N)c1cccc2[nH]c(-c3ccccc3)c(C(=O)c3ccccc3)c12. The summed E-state index contributed by atoms with van der Waals surface area (Å²) in [5, 5.41) is 10.3. The van der Waals surface area contributed by atoms with Gasteiger partial charge in [-0.15, -0.1) is 0 Å². The number of H-pyrrole nitrogens is 1. The molecule has 0 aliphatic carbocycles. The Hall–Kier alpha value is -3.64. The van der Waals surface area contributed by atoms with Crippen molar-refractivity contribution in [1.82, 2.24) is 4.98 Å². The number of hydrogen-bond donors (Lipinski definition) is 1. The van der Waals surface area contributed by atoms with E-state index in [1.54, 1.807) is 0 Å². The van der Waals surface area contributed by atoms with Crippen molar-refractivity contribution >= 4 is 16.7 Å². The smallest absolute Gasteiger partial charge is 0.195 e. The highest BCUT2D eigenvalue weighted by molar-refractivity contribution is 6.21. The average molecular weight is 350 g/mol. The maximum Gasteiger partial charge on any atom is 0.195 e. The van der Waals surface area contributed by atoms with Gasteiger partial charge in [-0.3, -0.25) is 4.79 Å². The average Bonchev–Trinajstić information content (AvgIpc) is 3.13. The number of aromatic nitrogens is 1. The molecule has 0 saturated heterocycles. The first-order chi connectivity index (χ1) is 13.2. The number of hydrogen-bond acceptors (Lipinski definition) is 2. The topological polar surface area (TPSA) is 56.6 Å². The molecule has 0 amide bonds. The van der Waals surface area contributed by atoms with Crippen LogP contribution in [0.3, 0.4) is 0 Å². The second-order valence-electron chi connectivity index (χ2n) is 6.56. The molecule has 1 heterocycles. The molecule has 0 aliphatic heterocycles.